The molecule has 1 atom stereocenters. The summed E-state index contributed by atoms with van der Waals surface area (Å²) in [6.45, 7) is 2.74. The number of amidine groups is 1. The Bertz CT molecular complexity index is 736. The second kappa shape index (κ2) is 10.6. The topological polar surface area (TPSA) is 110 Å². The maximum absolute atomic E-state index is 11.7. The Hall–Kier alpha value is -2.55. The number of ether oxygens (including phenoxy) is 2. The van der Waals surface area contributed by atoms with E-state index in [4.69, 9.17) is 14.6 Å². The number of benzene rings is 1. The Morgan fingerprint density at radius 3 is 2.89 bits per heavy atom. The van der Waals surface area contributed by atoms with Gasteiger partial charge in [0.05, 0.1) is 26.4 Å². The van der Waals surface area contributed by atoms with Crippen molar-refractivity contribution in [2.45, 2.75) is 37.9 Å². The number of unbranched alkanes of at least 4 members (excludes halogenated alkanes) is 2. The monoisotopic (exact) mass is 393 g/mol. The molecule has 0 bridgehead atoms. The third-order valence-electron chi connectivity index (χ3n) is 3.68. The summed E-state index contributed by atoms with van der Waals surface area (Å²) in [4.78, 5) is 22.4. The highest BCUT2D eigenvalue weighted by Crippen LogP contribution is 2.28. The maximum atomic E-state index is 11.7. The van der Waals surface area contributed by atoms with Crippen molar-refractivity contribution < 1.29 is 24.2 Å². The number of thioether (sulfide) groups is 1. The number of aliphatic carboxylic acids is 1. The van der Waals surface area contributed by atoms with Crippen molar-refractivity contribution in [3.63, 3.8) is 0 Å². The third kappa shape index (κ3) is 6.59. The summed E-state index contributed by atoms with van der Waals surface area (Å²) in [5.41, 5.74) is 0.766. The van der Waals surface area contributed by atoms with E-state index >= 15 is 0 Å². The van der Waals surface area contributed by atoms with Gasteiger partial charge in [0.2, 0.25) is 5.91 Å². The predicted octanol–water partition coefficient (Wildman–Crippen LogP) is 2.66. The molecule has 27 heavy (non-hydrogen) atoms. The van der Waals surface area contributed by atoms with Gasteiger partial charge in [-0.05, 0) is 30.2 Å². The number of carbonyl (C=O) groups excluding carboxylic acids is 1. The highest BCUT2D eigenvalue weighted by Gasteiger charge is 2.32. The Labute approximate surface area is 162 Å². The molecule has 0 spiro atoms. The molecular formula is C18H23N3O5S. The van der Waals surface area contributed by atoms with Gasteiger partial charge in [-0.15, -0.1) is 5.10 Å². The fraction of sp³-hybridized carbons (Fsp3) is 0.444. The van der Waals surface area contributed by atoms with Crippen molar-refractivity contribution in [1.29, 1.82) is 0 Å². The van der Waals surface area contributed by atoms with Gasteiger partial charge in [-0.1, -0.05) is 31.5 Å². The minimum atomic E-state index is -1.03. The number of hydrogen-bond donors (Lipinski definition) is 2. The Morgan fingerprint density at radius 2 is 2.19 bits per heavy atom. The lowest BCUT2D eigenvalue weighted by Gasteiger charge is -2.11. The molecule has 1 unspecified atom stereocenters. The summed E-state index contributed by atoms with van der Waals surface area (Å²) < 4.78 is 11.1. The third-order valence-corrected chi connectivity index (χ3v) is 4.76. The van der Waals surface area contributed by atoms with E-state index in [-0.39, 0.29) is 17.5 Å². The normalized spacial score (nSPS) is 18.1. The van der Waals surface area contributed by atoms with Crippen LogP contribution in [0.1, 0.15) is 38.2 Å². The molecule has 1 aromatic rings. The van der Waals surface area contributed by atoms with E-state index < -0.39 is 11.2 Å². The minimum absolute atomic E-state index is 0.254. The van der Waals surface area contributed by atoms with Gasteiger partial charge in [0.25, 0.3) is 0 Å². The second-order valence-corrected chi connectivity index (χ2v) is 7.00. The highest BCUT2D eigenvalue weighted by atomic mass is 32.2. The maximum Gasteiger partial charge on any atom is 0.305 e. The van der Waals surface area contributed by atoms with Crippen LogP contribution in [0.4, 0.5) is 0 Å². The molecule has 0 radical (unpaired) electrons. The van der Waals surface area contributed by atoms with Gasteiger partial charge < -0.3 is 19.9 Å². The lowest BCUT2D eigenvalue weighted by molar-refractivity contribution is -0.138. The number of carboxylic acids is 1. The van der Waals surface area contributed by atoms with Crippen molar-refractivity contribution in [2.24, 2.45) is 10.2 Å². The molecule has 1 aromatic carbocycles. The van der Waals surface area contributed by atoms with Crippen molar-refractivity contribution in [2.75, 3.05) is 13.7 Å². The Balaban J connectivity index is 1.99. The molecule has 0 saturated carbocycles. The van der Waals surface area contributed by atoms with Crippen LogP contribution in [0.2, 0.25) is 0 Å². The Kier molecular flexibility index (Phi) is 8.12. The van der Waals surface area contributed by atoms with Crippen molar-refractivity contribution in [1.82, 2.24) is 5.32 Å². The number of nitrogens with one attached hydrogen (secondary N) is 1. The standard InChI is InChI=1S/C18H23N3O5S/c1-3-4-5-8-26-14-9-12(6-7-13(14)25-2)11-19-21-18-20-17(24)15(27-18)10-16(22)23/h6-7,9,11,15H,3-5,8,10H2,1-2H3,(H,22,23)(H,20,21,24). The molecule has 1 amide bonds. The summed E-state index contributed by atoms with van der Waals surface area (Å²) in [5, 5.41) is 18.8. The molecule has 1 aliphatic heterocycles. The first-order valence-corrected chi connectivity index (χ1v) is 9.52. The molecule has 2 rings (SSSR count). The van der Waals surface area contributed by atoms with Crippen LogP contribution in [0.5, 0.6) is 11.5 Å². The van der Waals surface area contributed by atoms with E-state index in [9.17, 15) is 9.59 Å². The number of carbonyl (C=O) groups is 2. The van der Waals surface area contributed by atoms with Gasteiger partial charge >= 0.3 is 5.97 Å². The Morgan fingerprint density at radius 1 is 1.37 bits per heavy atom. The zero-order valence-electron chi connectivity index (χ0n) is 15.3. The molecule has 9 heteroatoms. The SMILES string of the molecule is CCCCCOc1cc(C=NN=C2NC(=O)C(CC(=O)O)S2)ccc1OC. The van der Waals surface area contributed by atoms with Crippen LogP contribution in [0.3, 0.4) is 0 Å². The summed E-state index contributed by atoms with van der Waals surface area (Å²) >= 11 is 1.06. The molecule has 1 aliphatic rings. The summed E-state index contributed by atoms with van der Waals surface area (Å²) in [6, 6.07) is 5.41. The largest absolute Gasteiger partial charge is 0.493 e. The van der Waals surface area contributed by atoms with Crippen molar-refractivity contribution in [3.05, 3.63) is 23.8 Å². The fourth-order valence-electron chi connectivity index (χ4n) is 2.31. The molecule has 1 heterocycles. The molecule has 146 valence electrons. The number of amides is 1. The smallest absolute Gasteiger partial charge is 0.305 e. The van der Waals surface area contributed by atoms with Gasteiger partial charge in [-0.3, -0.25) is 9.59 Å². The second-order valence-electron chi connectivity index (χ2n) is 5.81. The summed E-state index contributed by atoms with van der Waals surface area (Å²) in [5.74, 6) is -0.124. The molecule has 0 aromatic heterocycles. The van der Waals surface area contributed by atoms with E-state index in [0.29, 0.717) is 18.1 Å². The number of rotatable bonds is 10. The predicted molar refractivity (Wildman–Crippen MR) is 105 cm³/mol. The fourth-order valence-corrected chi connectivity index (χ4v) is 3.23. The van der Waals surface area contributed by atoms with E-state index in [1.54, 1.807) is 13.2 Å². The first kappa shape index (κ1) is 20.8. The van der Waals surface area contributed by atoms with E-state index in [2.05, 4.69) is 22.4 Å². The average molecular weight is 393 g/mol. The number of methoxy groups -OCH3 is 1. The first-order chi connectivity index (χ1) is 13.0. The van der Waals surface area contributed by atoms with Crippen LogP contribution >= 0.6 is 11.8 Å². The van der Waals surface area contributed by atoms with Crippen LogP contribution in [-0.4, -0.2) is 47.3 Å². The van der Waals surface area contributed by atoms with Gasteiger partial charge in [-0.2, -0.15) is 5.10 Å². The van der Waals surface area contributed by atoms with Crippen molar-refractivity contribution >= 4 is 35.0 Å². The number of hydrogen-bond acceptors (Lipinski definition) is 7. The van der Waals surface area contributed by atoms with Crippen LogP contribution in [0.15, 0.2) is 28.4 Å². The van der Waals surface area contributed by atoms with E-state index in [1.807, 2.05) is 12.1 Å². The molecule has 2 N–H and O–H groups in total. The zero-order chi connectivity index (χ0) is 19.6. The summed E-state index contributed by atoms with van der Waals surface area (Å²) in [6.07, 6.45) is 4.47. The molecule has 1 fully saturated rings. The lowest BCUT2D eigenvalue weighted by atomic mass is 10.2. The zero-order valence-corrected chi connectivity index (χ0v) is 16.1. The van der Waals surface area contributed by atoms with Gasteiger partial charge in [0.1, 0.15) is 5.25 Å². The van der Waals surface area contributed by atoms with Crippen molar-refractivity contribution in [3.8, 4) is 11.5 Å². The summed E-state index contributed by atoms with van der Waals surface area (Å²) in [7, 11) is 1.58. The lowest BCUT2D eigenvalue weighted by Crippen LogP contribution is -2.26. The quantitative estimate of drug-likeness (QED) is 0.359. The van der Waals surface area contributed by atoms with Gasteiger partial charge in [0.15, 0.2) is 16.7 Å². The van der Waals surface area contributed by atoms with Crippen LogP contribution < -0.4 is 14.8 Å². The van der Waals surface area contributed by atoms with E-state index in [1.165, 1.54) is 6.21 Å². The highest BCUT2D eigenvalue weighted by molar-refractivity contribution is 8.15. The van der Waals surface area contributed by atoms with Crippen LogP contribution in [0.25, 0.3) is 0 Å². The molecule has 8 nitrogen and oxygen atoms in total. The number of nitrogens with zero attached hydrogens (tertiary/aromatic N) is 2. The van der Waals surface area contributed by atoms with Gasteiger partial charge in [-0.25, -0.2) is 0 Å². The number of carboxylic acid groups (broad SMARTS) is 1. The minimum Gasteiger partial charge on any atom is -0.493 e. The molecule has 0 aliphatic carbocycles. The average Bonchev–Trinajstić information content (AvgIpc) is 2.97. The molecular weight excluding hydrogens is 370 g/mol. The van der Waals surface area contributed by atoms with E-state index in [0.717, 1.165) is 36.6 Å². The molecule has 1 saturated heterocycles. The van der Waals surface area contributed by atoms with Crippen LogP contribution in [-0.2, 0) is 9.59 Å². The first-order valence-electron chi connectivity index (χ1n) is 8.64. The van der Waals surface area contributed by atoms with Crippen LogP contribution in [0, 0.1) is 0 Å². The van der Waals surface area contributed by atoms with Gasteiger partial charge in [0, 0.05) is 0 Å².